The number of ether oxygens (including phenoxy) is 1. The van der Waals surface area contributed by atoms with Gasteiger partial charge in [0.05, 0.1) is 11.7 Å². The Bertz CT molecular complexity index is 400. The third kappa shape index (κ3) is 2.53. The summed E-state index contributed by atoms with van der Waals surface area (Å²) in [6, 6.07) is 6.31. The Morgan fingerprint density at radius 2 is 2.12 bits per heavy atom. The fourth-order valence-electron chi connectivity index (χ4n) is 2.89. The van der Waals surface area contributed by atoms with E-state index in [4.69, 9.17) is 4.74 Å². The van der Waals surface area contributed by atoms with Gasteiger partial charge in [-0.3, -0.25) is 0 Å². The maximum Gasteiger partial charge on any atom is 0.0923 e. The van der Waals surface area contributed by atoms with Crippen LogP contribution in [0.25, 0.3) is 0 Å². The molecule has 0 spiro atoms. The van der Waals surface area contributed by atoms with Crippen LogP contribution in [-0.2, 0) is 10.3 Å². The molecule has 0 radical (unpaired) electrons. The number of hydrogen-bond donors (Lipinski definition) is 1. The molecule has 0 bridgehead atoms. The standard InChI is InChI=1S/C15H22O2/c1-11-6-7-12(2)14(9-11)15(16)8-4-5-13(10-15)17-3/h6-7,9,13,16H,4-5,8,10H2,1-3H3. The Kier molecular flexibility index (Phi) is 3.55. The highest BCUT2D eigenvalue weighted by Gasteiger charge is 2.36. The first-order chi connectivity index (χ1) is 8.05. The third-order valence-corrected chi connectivity index (χ3v) is 3.91. The first-order valence-electron chi connectivity index (χ1n) is 6.38. The lowest BCUT2D eigenvalue weighted by Gasteiger charge is -2.37. The van der Waals surface area contributed by atoms with Crippen molar-refractivity contribution >= 4 is 0 Å². The molecule has 2 unspecified atom stereocenters. The van der Waals surface area contributed by atoms with E-state index >= 15 is 0 Å². The average molecular weight is 234 g/mol. The van der Waals surface area contributed by atoms with Crippen molar-refractivity contribution in [3.63, 3.8) is 0 Å². The summed E-state index contributed by atoms with van der Waals surface area (Å²) in [5.74, 6) is 0. The summed E-state index contributed by atoms with van der Waals surface area (Å²) in [4.78, 5) is 0. The topological polar surface area (TPSA) is 29.5 Å². The van der Waals surface area contributed by atoms with Gasteiger partial charge in [-0.05, 0) is 44.2 Å². The fourth-order valence-corrected chi connectivity index (χ4v) is 2.89. The van der Waals surface area contributed by atoms with Crippen molar-refractivity contribution in [1.29, 1.82) is 0 Å². The number of hydrogen-bond acceptors (Lipinski definition) is 2. The van der Waals surface area contributed by atoms with Gasteiger partial charge in [0.1, 0.15) is 0 Å². The Morgan fingerprint density at radius 3 is 2.82 bits per heavy atom. The van der Waals surface area contributed by atoms with Crippen molar-refractivity contribution in [3.8, 4) is 0 Å². The van der Waals surface area contributed by atoms with Crippen molar-refractivity contribution in [1.82, 2.24) is 0 Å². The van der Waals surface area contributed by atoms with E-state index in [2.05, 4.69) is 32.0 Å². The van der Waals surface area contributed by atoms with Crippen LogP contribution in [0.1, 0.15) is 42.4 Å². The van der Waals surface area contributed by atoms with Gasteiger partial charge in [0.15, 0.2) is 0 Å². The van der Waals surface area contributed by atoms with Crippen LogP contribution in [0.5, 0.6) is 0 Å². The number of methoxy groups -OCH3 is 1. The Balaban J connectivity index is 2.33. The molecule has 0 saturated heterocycles. The molecule has 1 aromatic rings. The summed E-state index contributed by atoms with van der Waals surface area (Å²) in [5.41, 5.74) is 2.77. The normalized spacial score (nSPS) is 29.3. The van der Waals surface area contributed by atoms with Crippen LogP contribution < -0.4 is 0 Å². The highest BCUT2D eigenvalue weighted by molar-refractivity contribution is 5.35. The largest absolute Gasteiger partial charge is 0.385 e. The number of benzene rings is 1. The maximum absolute atomic E-state index is 10.9. The van der Waals surface area contributed by atoms with Crippen LogP contribution in [0.4, 0.5) is 0 Å². The van der Waals surface area contributed by atoms with Crippen LogP contribution in [-0.4, -0.2) is 18.3 Å². The Labute approximate surface area is 104 Å². The monoisotopic (exact) mass is 234 g/mol. The Hall–Kier alpha value is -0.860. The van der Waals surface area contributed by atoms with Crippen LogP contribution in [0.15, 0.2) is 18.2 Å². The lowest BCUT2D eigenvalue weighted by atomic mass is 9.76. The molecular weight excluding hydrogens is 212 g/mol. The minimum Gasteiger partial charge on any atom is -0.385 e. The molecule has 1 N–H and O–H groups in total. The summed E-state index contributed by atoms with van der Waals surface area (Å²) in [6.45, 7) is 4.14. The van der Waals surface area contributed by atoms with Crippen LogP contribution >= 0.6 is 0 Å². The predicted octanol–water partition coefficient (Wildman–Crippen LogP) is 3.08. The molecule has 1 aliphatic carbocycles. The summed E-state index contributed by atoms with van der Waals surface area (Å²) in [5, 5.41) is 10.9. The van der Waals surface area contributed by atoms with Crippen molar-refractivity contribution < 1.29 is 9.84 Å². The second-order valence-corrected chi connectivity index (χ2v) is 5.30. The van der Waals surface area contributed by atoms with Crippen molar-refractivity contribution in [3.05, 3.63) is 34.9 Å². The molecule has 2 atom stereocenters. The van der Waals surface area contributed by atoms with Crippen LogP contribution in [0.3, 0.4) is 0 Å². The lowest BCUT2D eigenvalue weighted by molar-refractivity contribution is -0.0635. The zero-order valence-electron chi connectivity index (χ0n) is 11.0. The van der Waals surface area contributed by atoms with Gasteiger partial charge in [-0.2, -0.15) is 0 Å². The van der Waals surface area contributed by atoms with Crippen LogP contribution in [0.2, 0.25) is 0 Å². The van der Waals surface area contributed by atoms with E-state index in [1.807, 2.05) is 0 Å². The van der Waals surface area contributed by atoms with Crippen LogP contribution in [0, 0.1) is 13.8 Å². The molecule has 0 aromatic heterocycles. The summed E-state index contributed by atoms with van der Waals surface area (Å²) < 4.78 is 5.42. The van der Waals surface area contributed by atoms with Gasteiger partial charge < -0.3 is 9.84 Å². The number of rotatable bonds is 2. The molecule has 0 aliphatic heterocycles. The SMILES string of the molecule is COC1CCCC(O)(c2cc(C)ccc2C)C1. The molecule has 1 aromatic carbocycles. The molecule has 0 amide bonds. The minimum atomic E-state index is -0.699. The molecule has 94 valence electrons. The van der Waals surface area contributed by atoms with E-state index in [-0.39, 0.29) is 6.10 Å². The molecule has 2 heteroatoms. The van der Waals surface area contributed by atoms with Gasteiger partial charge >= 0.3 is 0 Å². The zero-order valence-corrected chi connectivity index (χ0v) is 11.0. The number of aryl methyl sites for hydroxylation is 2. The maximum atomic E-state index is 10.9. The summed E-state index contributed by atoms with van der Waals surface area (Å²) in [7, 11) is 1.74. The summed E-state index contributed by atoms with van der Waals surface area (Å²) >= 11 is 0. The Morgan fingerprint density at radius 1 is 1.35 bits per heavy atom. The second kappa shape index (κ2) is 4.79. The average Bonchev–Trinajstić information content (AvgIpc) is 2.32. The van der Waals surface area contributed by atoms with Gasteiger partial charge in [0.2, 0.25) is 0 Å². The molecule has 1 aliphatic rings. The highest BCUT2D eigenvalue weighted by atomic mass is 16.5. The highest BCUT2D eigenvalue weighted by Crippen LogP contribution is 2.39. The van der Waals surface area contributed by atoms with Gasteiger partial charge in [-0.1, -0.05) is 23.8 Å². The smallest absolute Gasteiger partial charge is 0.0923 e. The molecule has 17 heavy (non-hydrogen) atoms. The van der Waals surface area contributed by atoms with Gasteiger partial charge in [0, 0.05) is 13.5 Å². The molecule has 1 fully saturated rings. The van der Waals surface area contributed by atoms with Crippen molar-refractivity contribution in [2.45, 2.75) is 51.2 Å². The quantitative estimate of drug-likeness (QED) is 0.852. The fraction of sp³-hybridized carbons (Fsp3) is 0.600. The molecule has 2 nitrogen and oxygen atoms in total. The van der Waals surface area contributed by atoms with Gasteiger partial charge in [-0.25, -0.2) is 0 Å². The lowest BCUT2D eigenvalue weighted by Crippen LogP contribution is -2.36. The van der Waals surface area contributed by atoms with E-state index in [9.17, 15) is 5.11 Å². The first kappa shape index (κ1) is 12.6. The zero-order chi connectivity index (χ0) is 12.5. The minimum absolute atomic E-state index is 0.189. The van der Waals surface area contributed by atoms with E-state index in [0.29, 0.717) is 6.42 Å². The van der Waals surface area contributed by atoms with E-state index in [1.54, 1.807) is 7.11 Å². The summed E-state index contributed by atoms with van der Waals surface area (Å²) in [6.07, 6.45) is 3.84. The molecule has 0 heterocycles. The van der Waals surface area contributed by atoms with E-state index in [0.717, 1.165) is 24.8 Å². The van der Waals surface area contributed by atoms with Crippen molar-refractivity contribution in [2.75, 3.05) is 7.11 Å². The van der Waals surface area contributed by atoms with Gasteiger partial charge in [-0.15, -0.1) is 0 Å². The van der Waals surface area contributed by atoms with Gasteiger partial charge in [0.25, 0.3) is 0 Å². The number of aliphatic hydroxyl groups is 1. The molecular formula is C15H22O2. The molecule has 1 saturated carbocycles. The van der Waals surface area contributed by atoms with E-state index in [1.165, 1.54) is 11.1 Å². The first-order valence-corrected chi connectivity index (χ1v) is 6.38. The second-order valence-electron chi connectivity index (χ2n) is 5.30. The predicted molar refractivity (Wildman–Crippen MR) is 69.1 cm³/mol. The third-order valence-electron chi connectivity index (χ3n) is 3.91. The molecule has 2 rings (SSSR count). The van der Waals surface area contributed by atoms with Crippen molar-refractivity contribution in [2.24, 2.45) is 0 Å². The van der Waals surface area contributed by atoms with E-state index < -0.39 is 5.60 Å².